The molecule has 0 bridgehead atoms. The van der Waals surface area contributed by atoms with Crippen LogP contribution in [0.1, 0.15) is 32.3 Å². The summed E-state index contributed by atoms with van der Waals surface area (Å²) >= 11 is 5.49. The van der Waals surface area contributed by atoms with Crippen molar-refractivity contribution >= 4 is 16.8 Å². The van der Waals surface area contributed by atoms with Gasteiger partial charge >= 0.3 is 0 Å². The quantitative estimate of drug-likeness (QED) is 0.723. The monoisotopic (exact) mass is 214 g/mol. The number of aryl methyl sites for hydroxylation is 1. The van der Waals surface area contributed by atoms with Crippen molar-refractivity contribution in [2.75, 3.05) is 0 Å². The van der Waals surface area contributed by atoms with E-state index < -0.39 is 0 Å². The van der Waals surface area contributed by atoms with Gasteiger partial charge in [0, 0.05) is 11.3 Å². The minimum atomic E-state index is -0.354. The number of carbonyl (C=O) groups excluding carboxylic acids is 1. The van der Waals surface area contributed by atoms with Gasteiger partial charge in [-0.3, -0.25) is 4.79 Å². The summed E-state index contributed by atoms with van der Waals surface area (Å²) in [6.07, 6.45) is 0. The highest BCUT2D eigenvalue weighted by Crippen LogP contribution is 2.33. The lowest BCUT2D eigenvalue weighted by Gasteiger charge is -2.26. The van der Waals surface area contributed by atoms with E-state index in [2.05, 4.69) is 0 Å². The first kappa shape index (κ1) is 11.3. The van der Waals surface area contributed by atoms with Crippen LogP contribution in [0.4, 0.5) is 0 Å². The molecule has 0 aliphatic rings. The van der Waals surface area contributed by atoms with Crippen LogP contribution in [0, 0.1) is 12.8 Å². The second-order valence-corrected chi connectivity index (χ2v) is 4.53. The molecule has 1 aromatic heterocycles. The first-order valence-corrected chi connectivity index (χ1v) is 4.99. The SMILES string of the molecule is Cc1ccc(C(C)(C)C(C)C(=O)Cl)o1. The first-order valence-electron chi connectivity index (χ1n) is 4.62. The molecule has 0 N–H and O–H groups in total. The zero-order valence-corrected chi connectivity index (χ0v) is 9.68. The fraction of sp³-hybridized carbons (Fsp3) is 0.545. The van der Waals surface area contributed by atoms with E-state index >= 15 is 0 Å². The minimum Gasteiger partial charge on any atom is -0.466 e. The van der Waals surface area contributed by atoms with Gasteiger partial charge in [0.15, 0.2) is 0 Å². The fourth-order valence-electron chi connectivity index (χ4n) is 1.28. The Morgan fingerprint density at radius 3 is 2.43 bits per heavy atom. The summed E-state index contributed by atoms with van der Waals surface area (Å²) in [6.45, 7) is 7.60. The van der Waals surface area contributed by atoms with E-state index in [0.29, 0.717) is 0 Å². The lowest BCUT2D eigenvalue weighted by atomic mass is 9.78. The van der Waals surface area contributed by atoms with Crippen molar-refractivity contribution in [2.45, 2.75) is 33.1 Å². The normalized spacial score (nSPS) is 14.1. The number of furan rings is 1. The molecule has 0 fully saturated rings. The Hall–Kier alpha value is -0.760. The number of rotatable bonds is 3. The average molecular weight is 215 g/mol. The molecule has 0 amide bonds. The predicted molar refractivity (Wildman–Crippen MR) is 56.5 cm³/mol. The van der Waals surface area contributed by atoms with E-state index in [1.54, 1.807) is 0 Å². The maximum absolute atomic E-state index is 11.1. The van der Waals surface area contributed by atoms with Gasteiger partial charge in [-0.15, -0.1) is 0 Å². The molecule has 1 unspecified atom stereocenters. The molecule has 0 aliphatic carbocycles. The van der Waals surface area contributed by atoms with Crippen molar-refractivity contribution < 1.29 is 9.21 Å². The van der Waals surface area contributed by atoms with Gasteiger partial charge < -0.3 is 4.42 Å². The Morgan fingerprint density at radius 2 is 2.07 bits per heavy atom. The molecule has 0 aliphatic heterocycles. The van der Waals surface area contributed by atoms with Gasteiger partial charge in [-0.25, -0.2) is 0 Å². The molecule has 0 saturated heterocycles. The summed E-state index contributed by atoms with van der Waals surface area (Å²) < 4.78 is 5.51. The van der Waals surface area contributed by atoms with Crippen LogP contribution in [0.25, 0.3) is 0 Å². The molecule has 0 spiro atoms. The van der Waals surface area contributed by atoms with Crippen molar-refractivity contribution in [1.29, 1.82) is 0 Å². The molecule has 78 valence electrons. The number of halogens is 1. The molecular formula is C11H15ClO2. The summed E-state index contributed by atoms with van der Waals surface area (Å²) in [5.74, 6) is 1.40. The zero-order chi connectivity index (χ0) is 10.9. The van der Waals surface area contributed by atoms with Gasteiger partial charge in [0.05, 0.1) is 0 Å². The molecule has 1 heterocycles. The number of carbonyl (C=O) groups is 1. The topological polar surface area (TPSA) is 30.2 Å². The molecule has 1 atom stereocenters. The van der Waals surface area contributed by atoms with Gasteiger partial charge in [0.25, 0.3) is 0 Å². The Morgan fingerprint density at radius 1 is 1.50 bits per heavy atom. The maximum Gasteiger partial charge on any atom is 0.225 e. The predicted octanol–water partition coefficient (Wildman–Crippen LogP) is 3.27. The van der Waals surface area contributed by atoms with Gasteiger partial charge in [-0.2, -0.15) is 0 Å². The van der Waals surface area contributed by atoms with Crippen molar-refractivity contribution in [3.8, 4) is 0 Å². The van der Waals surface area contributed by atoms with E-state index in [1.165, 1.54) is 0 Å². The number of hydrogen-bond donors (Lipinski definition) is 0. The molecule has 0 saturated carbocycles. The summed E-state index contributed by atoms with van der Waals surface area (Å²) in [7, 11) is 0. The zero-order valence-electron chi connectivity index (χ0n) is 8.93. The van der Waals surface area contributed by atoms with Gasteiger partial charge in [-0.1, -0.05) is 20.8 Å². The molecular weight excluding hydrogens is 200 g/mol. The Kier molecular flexibility index (Phi) is 3.05. The molecule has 14 heavy (non-hydrogen) atoms. The number of hydrogen-bond acceptors (Lipinski definition) is 2. The third-order valence-corrected chi connectivity index (χ3v) is 3.13. The summed E-state index contributed by atoms with van der Waals surface area (Å²) in [4.78, 5) is 11.1. The fourth-order valence-corrected chi connectivity index (χ4v) is 1.55. The highest BCUT2D eigenvalue weighted by atomic mass is 35.5. The van der Waals surface area contributed by atoms with E-state index in [-0.39, 0.29) is 16.6 Å². The summed E-state index contributed by atoms with van der Waals surface area (Å²) in [5.41, 5.74) is -0.354. The van der Waals surface area contributed by atoms with Gasteiger partial charge in [-0.05, 0) is 30.7 Å². The van der Waals surface area contributed by atoms with Crippen LogP contribution in [-0.2, 0) is 10.2 Å². The molecule has 1 aromatic rings. The van der Waals surface area contributed by atoms with Crippen LogP contribution in [0.3, 0.4) is 0 Å². The average Bonchev–Trinajstić information content (AvgIpc) is 2.50. The molecule has 0 aromatic carbocycles. The Bertz CT molecular complexity index is 339. The second kappa shape index (κ2) is 3.77. The summed E-state index contributed by atoms with van der Waals surface area (Å²) in [6, 6.07) is 3.79. The van der Waals surface area contributed by atoms with Crippen LogP contribution in [0.5, 0.6) is 0 Å². The third kappa shape index (κ3) is 2.01. The Balaban J connectivity index is 3.01. The van der Waals surface area contributed by atoms with Crippen molar-refractivity contribution in [2.24, 2.45) is 5.92 Å². The lowest BCUT2D eigenvalue weighted by molar-refractivity contribution is -0.116. The van der Waals surface area contributed by atoms with Crippen molar-refractivity contribution in [3.05, 3.63) is 23.7 Å². The van der Waals surface area contributed by atoms with Crippen LogP contribution in [0.2, 0.25) is 0 Å². The van der Waals surface area contributed by atoms with Crippen LogP contribution < -0.4 is 0 Å². The van der Waals surface area contributed by atoms with Crippen LogP contribution in [-0.4, -0.2) is 5.24 Å². The van der Waals surface area contributed by atoms with Crippen LogP contribution >= 0.6 is 11.6 Å². The van der Waals surface area contributed by atoms with E-state index in [0.717, 1.165) is 11.5 Å². The van der Waals surface area contributed by atoms with Gasteiger partial charge in [0.2, 0.25) is 5.24 Å². The van der Waals surface area contributed by atoms with Gasteiger partial charge in [0.1, 0.15) is 11.5 Å². The molecule has 0 radical (unpaired) electrons. The standard InChI is InChI=1S/C11H15ClO2/c1-7-5-6-9(14-7)11(3,4)8(2)10(12)13/h5-6,8H,1-4H3. The Labute approximate surface area is 89.2 Å². The van der Waals surface area contributed by atoms with Crippen LogP contribution in [0.15, 0.2) is 16.5 Å². The van der Waals surface area contributed by atoms with Crippen molar-refractivity contribution in [3.63, 3.8) is 0 Å². The van der Waals surface area contributed by atoms with E-state index in [9.17, 15) is 4.79 Å². The molecule has 2 nitrogen and oxygen atoms in total. The maximum atomic E-state index is 11.1. The smallest absolute Gasteiger partial charge is 0.225 e. The molecule has 3 heteroatoms. The highest BCUT2D eigenvalue weighted by Gasteiger charge is 2.34. The minimum absolute atomic E-state index is 0.255. The molecule has 1 rings (SSSR count). The largest absolute Gasteiger partial charge is 0.466 e. The van der Waals surface area contributed by atoms with E-state index in [4.69, 9.17) is 16.0 Å². The second-order valence-electron chi connectivity index (χ2n) is 4.16. The van der Waals surface area contributed by atoms with E-state index in [1.807, 2.05) is 39.8 Å². The summed E-state index contributed by atoms with van der Waals surface area (Å²) in [5, 5.41) is -0.330. The first-order chi connectivity index (χ1) is 6.35. The highest BCUT2D eigenvalue weighted by molar-refractivity contribution is 6.64. The van der Waals surface area contributed by atoms with Crippen molar-refractivity contribution in [1.82, 2.24) is 0 Å². The third-order valence-electron chi connectivity index (χ3n) is 2.80. The lowest BCUT2D eigenvalue weighted by Crippen LogP contribution is -2.30.